The molecule has 1 fully saturated rings. The van der Waals surface area contributed by atoms with E-state index in [0.717, 1.165) is 44.8 Å². The largest absolute Gasteiger partial charge is 0.383 e. The summed E-state index contributed by atoms with van der Waals surface area (Å²) in [5, 5.41) is 3.81. The summed E-state index contributed by atoms with van der Waals surface area (Å²) in [6, 6.07) is 17.7. The van der Waals surface area contributed by atoms with Crippen LogP contribution in [-0.2, 0) is 11.2 Å². The molecule has 24 heavy (non-hydrogen) atoms. The van der Waals surface area contributed by atoms with Crippen molar-refractivity contribution in [2.75, 3.05) is 31.7 Å². The van der Waals surface area contributed by atoms with E-state index >= 15 is 0 Å². The lowest BCUT2D eigenvalue weighted by Crippen LogP contribution is -2.48. The number of aromatic nitrogens is 1. The fourth-order valence-corrected chi connectivity index (χ4v) is 3.42. The van der Waals surface area contributed by atoms with Crippen LogP contribution in [0.25, 0.3) is 0 Å². The molecule has 4 nitrogen and oxygen atoms in total. The van der Waals surface area contributed by atoms with Gasteiger partial charge in [-0.3, -0.25) is 0 Å². The number of ether oxygens (including phenoxy) is 1. The summed E-state index contributed by atoms with van der Waals surface area (Å²) >= 11 is 0. The molecule has 4 heteroatoms. The number of piperidine rings is 1. The Morgan fingerprint density at radius 3 is 2.54 bits per heavy atom. The summed E-state index contributed by atoms with van der Waals surface area (Å²) in [6.07, 6.45) is 5.17. The molecule has 1 saturated heterocycles. The number of hydrogen-bond donors (Lipinski definition) is 1. The molecule has 1 unspecified atom stereocenters. The smallest absolute Gasteiger partial charge is 0.128 e. The molecule has 2 aromatic rings. The Morgan fingerprint density at radius 2 is 1.88 bits per heavy atom. The fourth-order valence-electron chi connectivity index (χ4n) is 3.42. The summed E-state index contributed by atoms with van der Waals surface area (Å²) in [5.41, 5.74) is 1.36. The van der Waals surface area contributed by atoms with E-state index < -0.39 is 0 Å². The molecule has 128 valence electrons. The Balaban J connectivity index is 1.51. The first-order chi connectivity index (χ1) is 11.8. The molecule has 1 N–H and O–H groups in total. The van der Waals surface area contributed by atoms with Gasteiger partial charge in [-0.1, -0.05) is 36.4 Å². The van der Waals surface area contributed by atoms with Gasteiger partial charge in [0.15, 0.2) is 0 Å². The third-order valence-electron chi connectivity index (χ3n) is 4.63. The number of rotatable bonds is 7. The number of methoxy groups -OCH3 is 1. The number of anilines is 1. The molecule has 1 aromatic carbocycles. The van der Waals surface area contributed by atoms with Gasteiger partial charge >= 0.3 is 0 Å². The summed E-state index contributed by atoms with van der Waals surface area (Å²) < 4.78 is 5.43. The Hall–Kier alpha value is -1.91. The highest BCUT2D eigenvalue weighted by molar-refractivity contribution is 5.38. The van der Waals surface area contributed by atoms with E-state index in [1.165, 1.54) is 5.56 Å². The molecule has 0 radical (unpaired) electrons. The average molecular weight is 325 g/mol. The summed E-state index contributed by atoms with van der Waals surface area (Å²) in [4.78, 5) is 6.83. The lowest BCUT2D eigenvalue weighted by atomic mass is 10.0. The highest BCUT2D eigenvalue weighted by atomic mass is 16.5. The monoisotopic (exact) mass is 325 g/mol. The van der Waals surface area contributed by atoms with Gasteiger partial charge in [0, 0.05) is 38.5 Å². The number of benzene rings is 1. The maximum absolute atomic E-state index is 5.43. The van der Waals surface area contributed by atoms with Gasteiger partial charge in [-0.05, 0) is 37.0 Å². The Bertz CT molecular complexity index is 582. The van der Waals surface area contributed by atoms with Crippen LogP contribution in [0.3, 0.4) is 0 Å². The van der Waals surface area contributed by atoms with Crippen molar-refractivity contribution in [2.45, 2.75) is 31.3 Å². The van der Waals surface area contributed by atoms with E-state index in [1.807, 2.05) is 12.3 Å². The highest BCUT2D eigenvalue weighted by Gasteiger charge is 2.22. The first-order valence-corrected chi connectivity index (χ1v) is 8.80. The molecule has 0 aliphatic carbocycles. The van der Waals surface area contributed by atoms with Crippen molar-refractivity contribution >= 4 is 5.82 Å². The first-order valence-electron chi connectivity index (χ1n) is 8.80. The van der Waals surface area contributed by atoms with Crippen LogP contribution in [-0.4, -0.2) is 43.9 Å². The standard InChI is InChI=1S/C20H27N3O/c1-24-16-19(15-17-7-3-2-4-8-17)22-18-10-13-23(14-11-18)20-9-5-6-12-21-20/h2-9,12,18-19,22H,10-11,13-16H2,1H3. The number of pyridine rings is 1. The zero-order valence-corrected chi connectivity index (χ0v) is 14.4. The van der Waals surface area contributed by atoms with Crippen LogP contribution < -0.4 is 10.2 Å². The maximum atomic E-state index is 5.43. The van der Waals surface area contributed by atoms with Gasteiger partial charge in [-0.2, -0.15) is 0 Å². The molecule has 0 spiro atoms. The van der Waals surface area contributed by atoms with Crippen molar-refractivity contribution in [2.24, 2.45) is 0 Å². The van der Waals surface area contributed by atoms with E-state index in [0.29, 0.717) is 12.1 Å². The fraction of sp³-hybridized carbons (Fsp3) is 0.450. The molecule has 3 rings (SSSR count). The number of hydrogen-bond acceptors (Lipinski definition) is 4. The van der Waals surface area contributed by atoms with Gasteiger partial charge < -0.3 is 15.0 Å². The minimum atomic E-state index is 0.365. The van der Waals surface area contributed by atoms with Gasteiger partial charge in [0.25, 0.3) is 0 Å². The van der Waals surface area contributed by atoms with E-state index in [9.17, 15) is 0 Å². The molecule has 1 aliphatic rings. The van der Waals surface area contributed by atoms with Gasteiger partial charge in [0.1, 0.15) is 5.82 Å². The van der Waals surface area contributed by atoms with Gasteiger partial charge in [-0.15, -0.1) is 0 Å². The molecular formula is C20H27N3O. The molecule has 2 heterocycles. The molecular weight excluding hydrogens is 298 g/mol. The first kappa shape index (κ1) is 16.9. The van der Waals surface area contributed by atoms with Gasteiger partial charge in [0.05, 0.1) is 6.61 Å². The quantitative estimate of drug-likeness (QED) is 0.849. The second-order valence-corrected chi connectivity index (χ2v) is 6.46. The van der Waals surface area contributed by atoms with Crippen LogP contribution in [0.15, 0.2) is 54.7 Å². The maximum Gasteiger partial charge on any atom is 0.128 e. The third-order valence-corrected chi connectivity index (χ3v) is 4.63. The molecule has 0 bridgehead atoms. The van der Waals surface area contributed by atoms with E-state index in [4.69, 9.17) is 4.74 Å². The van der Waals surface area contributed by atoms with Crippen molar-refractivity contribution in [3.8, 4) is 0 Å². The third kappa shape index (κ3) is 4.79. The van der Waals surface area contributed by atoms with Gasteiger partial charge in [-0.25, -0.2) is 4.98 Å². The topological polar surface area (TPSA) is 37.4 Å². The van der Waals surface area contributed by atoms with E-state index in [2.05, 4.69) is 57.7 Å². The van der Waals surface area contributed by atoms with Gasteiger partial charge in [0.2, 0.25) is 0 Å². The Labute approximate surface area is 144 Å². The van der Waals surface area contributed by atoms with Crippen LogP contribution in [0.1, 0.15) is 18.4 Å². The zero-order chi connectivity index (χ0) is 16.6. The molecule has 0 saturated carbocycles. The van der Waals surface area contributed by atoms with Crippen molar-refractivity contribution in [1.29, 1.82) is 0 Å². The highest BCUT2D eigenvalue weighted by Crippen LogP contribution is 2.18. The lowest BCUT2D eigenvalue weighted by molar-refractivity contribution is 0.157. The zero-order valence-electron chi connectivity index (χ0n) is 14.4. The summed E-state index contributed by atoms with van der Waals surface area (Å²) in [5.74, 6) is 1.09. The predicted molar refractivity (Wildman–Crippen MR) is 98.4 cm³/mol. The van der Waals surface area contributed by atoms with Crippen LogP contribution in [0.2, 0.25) is 0 Å². The summed E-state index contributed by atoms with van der Waals surface area (Å²) in [6.45, 7) is 2.86. The molecule has 0 amide bonds. The normalized spacial score (nSPS) is 17.0. The average Bonchev–Trinajstić information content (AvgIpc) is 2.64. The van der Waals surface area contributed by atoms with Crippen molar-refractivity contribution in [3.05, 3.63) is 60.3 Å². The minimum absolute atomic E-state index is 0.365. The van der Waals surface area contributed by atoms with Crippen molar-refractivity contribution < 1.29 is 4.74 Å². The number of nitrogens with one attached hydrogen (secondary N) is 1. The molecule has 1 aromatic heterocycles. The predicted octanol–water partition coefficient (Wildman–Crippen LogP) is 2.90. The van der Waals surface area contributed by atoms with Crippen molar-refractivity contribution in [1.82, 2.24) is 10.3 Å². The van der Waals surface area contributed by atoms with E-state index in [-0.39, 0.29) is 0 Å². The molecule has 1 atom stereocenters. The van der Waals surface area contributed by atoms with Crippen LogP contribution in [0.4, 0.5) is 5.82 Å². The Morgan fingerprint density at radius 1 is 1.12 bits per heavy atom. The van der Waals surface area contributed by atoms with Crippen LogP contribution in [0.5, 0.6) is 0 Å². The van der Waals surface area contributed by atoms with Crippen molar-refractivity contribution in [3.63, 3.8) is 0 Å². The molecule has 1 aliphatic heterocycles. The second kappa shape index (κ2) is 8.81. The number of nitrogens with zero attached hydrogens (tertiary/aromatic N) is 2. The minimum Gasteiger partial charge on any atom is -0.383 e. The second-order valence-electron chi connectivity index (χ2n) is 6.46. The summed E-state index contributed by atoms with van der Waals surface area (Å²) in [7, 11) is 1.78. The SMILES string of the molecule is COCC(Cc1ccccc1)NC1CCN(c2ccccn2)CC1. The van der Waals surface area contributed by atoms with E-state index in [1.54, 1.807) is 7.11 Å². The lowest BCUT2D eigenvalue weighted by Gasteiger charge is -2.35. The van der Waals surface area contributed by atoms with Crippen LogP contribution >= 0.6 is 0 Å². The van der Waals surface area contributed by atoms with Crippen LogP contribution in [0, 0.1) is 0 Å². The Kier molecular flexibility index (Phi) is 6.21.